The van der Waals surface area contributed by atoms with E-state index in [0.717, 1.165) is 22.3 Å². The minimum atomic E-state index is -1.07. The summed E-state index contributed by atoms with van der Waals surface area (Å²) in [5.41, 5.74) is 3.22. The van der Waals surface area contributed by atoms with Crippen molar-refractivity contribution < 1.29 is 9.59 Å². The van der Waals surface area contributed by atoms with Crippen LogP contribution >= 0.6 is 23.2 Å². The number of carbonyl (C=O) groups is 2. The number of nitrogens with one attached hydrogen (secondary N) is 2. The van der Waals surface area contributed by atoms with Gasteiger partial charge in [-0.15, -0.1) is 0 Å². The van der Waals surface area contributed by atoms with Crippen LogP contribution in [0.4, 0.5) is 5.69 Å². The van der Waals surface area contributed by atoms with Gasteiger partial charge in [-0.3, -0.25) is 9.59 Å². The zero-order valence-electron chi connectivity index (χ0n) is 17.7. The highest BCUT2D eigenvalue weighted by atomic mass is 35.5. The molecule has 1 fully saturated rings. The molecule has 0 aliphatic carbocycles. The lowest BCUT2D eigenvalue weighted by Crippen LogP contribution is -2.60. The summed E-state index contributed by atoms with van der Waals surface area (Å²) < 4.78 is 0. The number of carbonyl (C=O) groups excluding carboxylic acids is 2. The van der Waals surface area contributed by atoms with Gasteiger partial charge in [0, 0.05) is 27.6 Å². The Morgan fingerprint density at radius 1 is 0.906 bits per heavy atom. The van der Waals surface area contributed by atoms with Crippen LogP contribution in [-0.4, -0.2) is 11.8 Å². The van der Waals surface area contributed by atoms with Crippen LogP contribution < -0.4 is 10.6 Å². The van der Waals surface area contributed by atoms with Crippen molar-refractivity contribution >= 4 is 40.7 Å². The number of piperidine rings is 1. The number of aryl methyl sites for hydroxylation is 1. The third kappa shape index (κ3) is 2.97. The Labute approximate surface area is 196 Å². The standard InChI is InChI=1S/C26H22Cl2N2O2/c1-14-6-3-4-9-19(14)23-26(20-11-10-18(28)13-21(20)29-25(26)32)22(15(2)24(31)30-23)16-7-5-8-17(27)12-16/h3-13,15,22-23H,1-2H3,(H,29,32)(H,30,31)/t15-,22-,23+,26-/m0/s1. The van der Waals surface area contributed by atoms with Gasteiger partial charge in [0.15, 0.2) is 0 Å². The van der Waals surface area contributed by atoms with Gasteiger partial charge in [0.05, 0.1) is 6.04 Å². The van der Waals surface area contributed by atoms with Gasteiger partial charge < -0.3 is 10.6 Å². The van der Waals surface area contributed by atoms with E-state index in [2.05, 4.69) is 10.6 Å². The molecule has 0 saturated carbocycles. The fourth-order valence-electron chi connectivity index (χ4n) is 5.52. The van der Waals surface area contributed by atoms with Crippen molar-refractivity contribution in [2.45, 2.75) is 31.2 Å². The molecule has 4 atom stereocenters. The molecule has 0 unspecified atom stereocenters. The second-order valence-electron chi connectivity index (χ2n) is 8.63. The minimum absolute atomic E-state index is 0.0935. The fourth-order valence-corrected chi connectivity index (χ4v) is 5.89. The van der Waals surface area contributed by atoms with Crippen LogP contribution in [0.1, 0.15) is 41.1 Å². The Hall–Kier alpha value is -2.82. The number of hydrogen-bond donors (Lipinski definition) is 2. The molecule has 32 heavy (non-hydrogen) atoms. The molecule has 2 heterocycles. The van der Waals surface area contributed by atoms with Crippen LogP contribution in [0.5, 0.6) is 0 Å². The lowest BCUT2D eigenvalue weighted by molar-refractivity contribution is -0.135. The van der Waals surface area contributed by atoms with Gasteiger partial charge in [-0.2, -0.15) is 0 Å². The first-order valence-corrected chi connectivity index (χ1v) is 11.3. The summed E-state index contributed by atoms with van der Waals surface area (Å²) in [5.74, 6) is -1.13. The Morgan fingerprint density at radius 2 is 1.66 bits per heavy atom. The maximum Gasteiger partial charge on any atom is 0.238 e. The normalized spacial score (nSPS) is 26.6. The largest absolute Gasteiger partial charge is 0.348 e. The highest BCUT2D eigenvalue weighted by Crippen LogP contribution is 2.59. The van der Waals surface area contributed by atoms with E-state index >= 15 is 0 Å². The summed E-state index contributed by atoms with van der Waals surface area (Å²) in [6.07, 6.45) is 0. The van der Waals surface area contributed by atoms with Gasteiger partial charge in [-0.25, -0.2) is 0 Å². The van der Waals surface area contributed by atoms with E-state index in [1.54, 1.807) is 18.2 Å². The summed E-state index contributed by atoms with van der Waals surface area (Å²) in [5, 5.41) is 7.36. The van der Waals surface area contributed by atoms with Gasteiger partial charge in [0.2, 0.25) is 11.8 Å². The molecule has 2 aliphatic rings. The first-order valence-electron chi connectivity index (χ1n) is 10.6. The third-order valence-corrected chi connectivity index (χ3v) is 7.37. The van der Waals surface area contributed by atoms with Crippen molar-refractivity contribution in [3.8, 4) is 0 Å². The first kappa shape index (κ1) is 21.0. The zero-order valence-corrected chi connectivity index (χ0v) is 19.2. The number of benzene rings is 3. The van der Waals surface area contributed by atoms with Crippen molar-refractivity contribution in [3.63, 3.8) is 0 Å². The first-order chi connectivity index (χ1) is 15.3. The Morgan fingerprint density at radius 3 is 2.41 bits per heavy atom. The molecule has 3 aromatic carbocycles. The van der Waals surface area contributed by atoms with Crippen LogP contribution in [-0.2, 0) is 15.0 Å². The molecule has 3 aromatic rings. The number of hydrogen-bond acceptors (Lipinski definition) is 2. The minimum Gasteiger partial charge on any atom is -0.348 e. The Bertz CT molecular complexity index is 1260. The van der Waals surface area contributed by atoms with Gasteiger partial charge in [-0.05, 0) is 53.4 Å². The molecule has 2 amide bonds. The maximum absolute atomic E-state index is 14.0. The SMILES string of the molecule is Cc1ccccc1[C@H]1NC(=O)[C@@H](C)[C@@H](c2cccc(Cl)c2)[C@]12C(=O)Nc1cc(Cl)ccc12. The molecule has 2 aliphatic heterocycles. The summed E-state index contributed by atoms with van der Waals surface area (Å²) in [6.45, 7) is 3.87. The second-order valence-corrected chi connectivity index (χ2v) is 9.51. The molecule has 1 spiro atoms. The average molecular weight is 465 g/mol. The smallest absolute Gasteiger partial charge is 0.238 e. The molecular weight excluding hydrogens is 443 g/mol. The van der Waals surface area contributed by atoms with Crippen LogP contribution in [0.15, 0.2) is 66.7 Å². The summed E-state index contributed by atoms with van der Waals surface area (Å²) in [6, 6.07) is 20.3. The Balaban J connectivity index is 1.86. The van der Waals surface area contributed by atoms with E-state index in [1.807, 2.05) is 62.4 Å². The average Bonchev–Trinajstić information content (AvgIpc) is 3.03. The van der Waals surface area contributed by atoms with Gasteiger partial charge >= 0.3 is 0 Å². The van der Waals surface area contributed by atoms with Gasteiger partial charge in [0.1, 0.15) is 5.41 Å². The zero-order chi connectivity index (χ0) is 22.6. The predicted octanol–water partition coefficient (Wildman–Crippen LogP) is 5.78. The number of rotatable bonds is 2. The van der Waals surface area contributed by atoms with Crippen molar-refractivity contribution in [1.29, 1.82) is 0 Å². The van der Waals surface area contributed by atoms with Crippen LogP contribution in [0.2, 0.25) is 10.0 Å². The molecule has 5 rings (SSSR count). The molecule has 0 radical (unpaired) electrons. The summed E-state index contributed by atoms with van der Waals surface area (Å²) >= 11 is 12.6. The monoisotopic (exact) mass is 464 g/mol. The van der Waals surface area contributed by atoms with E-state index in [1.165, 1.54) is 0 Å². The van der Waals surface area contributed by atoms with E-state index in [0.29, 0.717) is 15.7 Å². The number of halogens is 2. The molecule has 0 bridgehead atoms. The molecule has 1 saturated heterocycles. The molecule has 4 nitrogen and oxygen atoms in total. The third-order valence-electron chi connectivity index (χ3n) is 6.90. The van der Waals surface area contributed by atoms with Gasteiger partial charge in [-0.1, -0.05) is 72.6 Å². The summed E-state index contributed by atoms with van der Waals surface area (Å²) in [7, 11) is 0. The van der Waals surface area contributed by atoms with Crippen LogP contribution in [0, 0.1) is 12.8 Å². The van der Waals surface area contributed by atoms with E-state index in [-0.39, 0.29) is 11.8 Å². The van der Waals surface area contributed by atoms with Crippen molar-refractivity contribution in [3.05, 3.63) is 99.0 Å². The lowest BCUT2D eigenvalue weighted by atomic mass is 9.56. The second kappa shape index (κ2) is 7.65. The Kier molecular flexibility index (Phi) is 5.03. The molecule has 6 heteroatoms. The predicted molar refractivity (Wildman–Crippen MR) is 127 cm³/mol. The van der Waals surface area contributed by atoms with Crippen molar-refractivity contribution in [2.75, 3.05) is 5.32 Å². The topological polar surface area (TPSA) is 58.2 Å². The highest BCUT2D eigenvalue weighted by Gasteiger charge is 2.63. The van der Waals surface area contributed by atoms with E-state index in [9.17, 15) is 9.59 Å². The van der Waals surface area contributed by atoms with E-state index < -0.39 is 23.3 Å². The van der Waals surface area contributed by atoms with Crippen LogP contribution in [0.25, 0.3) is 0 Å². The fraction of sp³-hybridized carbons (Fsp3) is 0.231. The molecule has 2 N–H and O–H groups in total. The molecule has 162 valence electrons. The van der Waals surface area contributed by atoms with Crippen molar-refractivity contribution in [2.24, 2.45) is 5.92 Å². The molecule has 0 aromatic heterocycles. The molecular formula is C26H22Cl2N2O2. The summed E-state index contributed by atoms with van der Waals surface area (Å²) in [4.78, 5) is 27.3. The maximum atomic E-state index is 14.0. The number of fused-ring (bicyclic) bond motifs is 2. The van der Waals surface area contributed by atoms with Gasteiger partial charge in [0.25, 0.3) is 0 Å². The van der Waals surface area contributed by atoms with Crippen LogP contribution in [0.3, 0.4) is 0 Å². The number of anilines is 1. The quantitative estimate of drug-likeness (QED) is 0.504. The lowest BCUT2D eigenvalue weighted by Gasteiger charge is -2.49. The van der Waals surface area contributed by atoms with E-state index in [4.69, 9.17) is 23.2 Å². The highest BCUT2D eigenvalue weighted by molar-refractivity contribution is 6.31. The number of amides is 2. The van der Waals surface area contributed by atoms with Crippen molar-refractivity contribution in [1.82, 2.24) is 5.32 Å².